The van der Waals surface area contributed by atoms with Gasteiger partial charge >= 0.3 is 0 Å². The molecule has 1 saturated heterocycles. The molecule has 21 heavy (non-hydrogen) atoms. The Morgan fingerprint density at radius 2 is 2.48 bits per heavy atom. The van der Waals surface area contributed by atoms with Crippen molar-refractivity contribution in [1.29, 1.82) is 0 Å². The van der Waals surface area contributed by atoms with E-state index in [-0.39, 0.29) is 5.91 Å². The Balaban J connectivity index is 1.87. The summed E-state index contributed by atoms with van der Waals surface area (Å²) in [6.45, 7) is 2.91. The first-order valence-corrected chi connectivity index (χ1v) is 7.12. The van der Waals surface area contributed by atoms with Crippen molar-refractivity contribution < 1.29 is 4.79 Å². The fourth-order valence-corrected chi connectivity index (χ4v) is 2.70. The lowest BCUT2D eigenvalue weighted by Gasteiger charge is -2.27. The molecule has 0 bridgehead atoms. The number of anilines is 1. The Morgan fingerprint density at radius 3 is 3.14 bits per heavy atom. The van der Waals surface area contributed by atoms with Crippen molar-refractivity contribution in [3.63, 3.8) is 0 Å². The fourth-order valence-electron chi connectivity index (χ4n) is 2.70. The van der Waals surface area contributed by atoms with E-state index in [1.807, 2.05) is 13.0 Å². The van der Waals surface area contributed by atoms with E-state index >= 15 is 0 Å². The molecule has 0 spiro atoms. The lowest BCUT2D eigenvalue weighted by atomic mass is 9.93. The van der Waals surface area contributed by atoms with Crippen LogP contribution >= 0.6 is 0 Å². The molecule has 2 aromatic heterocycles. The van der Waals surface area contributed by atoms with E-state index in [0.29, 0.717) is 11.5 Å². The van der Waals surface area contributed by atoms with Gasteiger partial charge in [-0.3, -0.25) is 4.79 Å². The molecule has 3 rings (SSSR count). The van der Waals surface area contributed by atoms with Gasteiger partial charge in [0.15, 0.2) is 5.82 Å². The van der Waals surface area contributed by atoms with Crippen LogP contribution in [0.2, 0.25) is 0 Å². The van der Waals surface area contributed by atoms with Gasteiger partial charge in [0.25, 0.3) is 0 Å². The van der Waals surface area contributed by atoms with Crippen LogP contribution in [0.4, 0.5) is 5.69 Å². The number of hydrogen-bond donors (Lipinski definition) is 2. The Morgan fingerprint density at radius 1 is 1.57 bits per heavy atom. The smallest absolute Gasteiger partial charge is 0.244 e. The number of carbonyl (C=O) groups is 1. The SMILES string of the molecule is CCC1(C(=O)Nc2cccnc2-n2cncn2)CCCN1. The fraction of sp³-hybridized carbons (Fsp3) is 0.429. The molecule has 0 aromatic carbocycles. The van der Waals surface area contributed by atoms with Gasteiger partial charge in [0.1, 0.15) is 12.7 Å². The highest BCUT2D eigenvalue weighted by Crippen LogP contribution is 2.26. The van der Waals surface area contributed by atoms with E-state index in [9.17, 15) is 4.79 Å². The lowest BCUT2D eigenvalue weighted by molar-refractivity contribution is -0.122. The van der Waals surface area contributed by atoms with Gasteiger partial charge in [0.05, 0.1) is 11.2 Å². The molecule has 1 unspecified atom stereocenters. The summed E-state index contributed by atoms with van der Waals surface area (Å²) in [6.07, 6.45) is 7.29. The van der Waals surface area contributed by atoms with Crippen LogP contribution in [0.15, 0.2) is 31.0 Å². The van der Waals surface area contributed by atoms with Crippen LogP contribution in [-0.2, 0) is 4.79 Å². The van der Waals surface area contributed by atoms with Gasteiger partial charge in [-0.2, -0.15) is 5.10 Å². The van der Waals surface area contributed by atoms with Gasteiger partial charge in [-0.1, -0.05) is 6.92 Å². The summed E-state index contributed by atoms with van der Waals surface area (Å²) in [6, 6.07) is 3.61. The minimum atomic E-state index is -0.477. The van der Waals surface area contributed by atoms with Crippen molar-refractivity contribution in [2.75, 3.05) is 11.9 Å². The maximum atomic E-state index is 12.6. The van der Waals surface area contributed by atoms with Crippen LogP contribution in [0.5, 0.6) is 0 Å². The minimum Gasteiger partial charge on any atom is -0.321 e. The second-order valence-electron chi connectivity index (χ2n) is 5.13. The van der Waals surface area contributed by atoms with Crippen molar-refractivity contribution in [1.82, 2.24) is 25.1 Å². The number of amides is 1. The quantitative estimate of drug-likeness (QED) is 0.880. The molecular formula is C14H18N6O. The first-order valence-electron chi connectivity index (χ1n) is 7.12. The van der Waals surface area contributed by atoms with Crippen molar-refractivity contribution >= 4 is 11.6 Å². The van der Waals surface area contributed by atoms with Crippen molar-refractivity contribution in [3.05, 3.63) is 31.0 Å². The largest absolute Gasteiger partial charge is 0.321 e. The van der Waals surface area contributed by atoms with E-state index in [4.69, 9.17) is 0 Å². The highest BCUT2D eigenvalue weighted by molar-refractivity contribution is 5.99. The third kappa shape index (κ3) is 2.52. The molecule has 1 atom stereocenters. The van der Waals surface area contributed by atoms with Crippen LogP contribution in [0, 0.1) is 0 Å². The number of hydrogen-bond acceptors (Lipinski definition) is 5. The second kappa shape index (κ2) is 5.61. The first kappa shape index (κ1) is 13.7. The van der Waals surface area contributed by atoms with Crippen LogP contribution < -0.4 is 10.6 Å². The molecule has 0 saturated carbocycles. The van der Waals surface area contributed by atoms with Crippen LogP contribution in [0.25, 0.3) is 5.82 Å². The average molecular weight is 286 g/mol. The van der Waals surface area contributed by atoms with E-state index in [0.717, 1.165) is 25.8 Å². The Bertz CT molecular complexity index is 618. The normalized spacial score (nSPS) is 21.4. The molecule has 7 nitrogen and oxygen atoms in total. The third-order valence-corrected chi connectivity index (χ3v) is 3.95. The maximum Gasteiger partial charge on any atom is 0.244 e. The molecule has 110 valence electrons. The number of nitrogens with zero attached hydrogens (tertiary/aromatic N) is 4. The Kier molecular flexibility index (Phi) is 3.66. The van der Waals surface area contributed by atoms with Gasteiger partial charge in [-0.25, -0.2) is 14.6 Å². The Labute approximate surface area is 122 Å². The van der Waals surface area contributed by atoms with E-state index < -0.39 is 5.54 Å². The van der Waals surface area contributed by atoms with Gasteiger partial charge in [0.2, 0.25) is 5.91 Å². The van der Waals surface area contributed by atoms with Crippen LogP contribution in [0.1, 0.15) is 26.2 Å². The molecule has 1 aliphatic heterocycles. The number of nitrogens with one attached hydrogen (secondary N) is 2. The molecule has 1 fully saturated rings. The number of aromatic nitrogens is 4. The van der Waals surface area contributed by atoms with E-state index in [1.165, 1.54) is 11.0 Å². The molecule has 2 aromatic rings. The lowest BCUT2D eigenvalue weighted by Crippen LogP contribution is -2.50. The average Bonchev–Trinajstić information content (AvgIpc) is 3.20. The zero-order valence-corrected chi connectivity index (χ0v) is 11.9. The first-order chi connectivity index (χ1) is 10.2. The number of pyridine rings is 1. The molecule has 0 aliphatic carbocycles. The Hall–Kier alpha value is -2.28. The standard InChI is InChI=1S/C14H18N6O/c1-2-14(6-4-8-17-14)13(21)19-11-5-3-7-16-12(11)20-10-15-9-18-20/h3,5,7,9-10,17H,2,4,6,8H2,1H3,(H,19,21). The minimum absolute atomic E-state index is 0.0168. The van der Waals surface area contributed by atoms with Gasteiger partial charge < -0.3 is 10.6 Å². The number of carbonyl (C=O) groups excluding carboxylic acids is 1. The molecule has 1 amide bonds. The van der Waals surface area contributed by atoms with Crippen molar-refractivity contribution in [2.45, 2.75) is 31.7 Å². The topological polar surface area (TPSA) is 84.7 Å². The maximum absolute atomic E-state index is 12.6. The van der Waals surface area contributed by atoms with Crippen LogP contribution in [-0.4, -0.2) is 37.7 Å². The summed E-state index contributed by atoms with van der Waals surface area (Å²) in [5.74, 6) is 0.546. The molecule has 7 heteroatoms. The van der Waals surface area contributed by atoms with Crippen LogP contribution in [0.3, 0.4) is 0 Å². The second-order valence-corrected chi connectivity index (χ2v) is 5.13. The van der Waals surface area contributed by atoms with E-state index in [1.54, 1.807) is 18.6 Å². The van der Waals surface area contributed by atoms with Gasteiger partial charge in [-0.15, -0.1) is 0 Å². The molecular weight excluding hydrogens is 268 g/mol. The van der Waals surface area contributed by atoms with Crippen molar-refractivity contribution in [2.24, 2.45) is 0 Å². The molecule has 0 radical (unpaired) electrons. The summed E-state index contributed by atoms with van der Waals surface area (Å²) in [5.41, 5.74) is 0.157. The van der Waals surface area contributed by atoms with Gasteiger partial charge in [0, 0.05) is 6.20 Å². The monoisotopic (exact) mass is 286 g/mol. The molecule has 3 heterocycles. The summed E-state index contributed by atoms with van der Waals surface area (Å²) in [4.78, 5) is 20.8. The summed E-state index contributed by atoms with van der Waals surface area (Å²) in [7, 11) is 0. The highest BCUT2D eigenvalue weighted by Gasteiger charge is 2.39. The zero-order valence-electron chi connectivity index (χ0n) is 11.9. The molecule has 2 N–H and O–H groups in total. The molecule has 1 aliphatic rings. The summed E-state index contributed by atoms with van der Waals surface area (Å²) >= 11 is 0. The predicted octanol–water partition coefficient (Wildman–Crippen LogP) is 1.13. The summed E-state index contributed by atoms with van der Waals surface area (Å²) in [5, 5.41) is 10.4. The zero-order chi connectivity index (χ0) is 14.7. The van der Waals surface area contributed by atoms with Crippen molar-refractivity contribution in [3.8, 4) is 5.82 Å². The summed E-state index contributed by atoms with van der Waals surface area (Å²) < 4.78 is 1.54. The van der Waals surface area contributed by atoms with Gasteiger partial charge in [-0.05, 0) is 37.9 Å². The predicted molar refractivity (Wildman–Crippen MR) is 78.0 cm³/mol. The number of rotatable bonds is 4. The third-order valence-electron chi connectivity index (χ3n) is 3.95. The highest BCUT2D eigenvalue weighted by atomic mass is 16.2. The van der Waals surface area contributed by atoms with E-state index in [2.05, 4.69) is 25.7 Å².